The molecule has 0 saturated carbocycles. The molecule has 0 aliphatic rings. The molecule has 3 aromatic rings. The van der Waals surface area contributed by atoms with E-state index in [9.17, 15) is 21.6 Å². The van der Waals surface area contributed by atoms with Gasteiger partial charge in [-0.25, -0.2) is 18.2 Å². The van der Waals surface area contributed by atoms with Crippen LogP contribution in [0.3, 0.4) is 0 Å². The van der Waals surface area contributed by atoms with Crippen LogP contribution < -0.4 is 34.7 Å². The van der Waals surface area contributed by atoms with Gasteiger partial charge in [0.1, 0.15) is 0 Å². The Labute approximate surface area is 205 Å². The van der Waals surface area contributed by atoms with Gasteiger partial charge < -0.3 is 28.8 Å². The van der Waals surface area contributed by atoms with Gasteiger partial charge in [-0.2, -0.15) is 18.3 Å². The molecule has 0 amide bonds. The molecule has 0 fully saturated rings. The summed E-state index contributed by atoms with van der Waals surface area (Å²) in [5.74, 6) is 0. The zero-order valence-electron chi connectivity index (χ0n) is 18.0. The number of nitrogens with two attached hydrogens (primary N) is 1. The zero-order valence-corrected chi connectivity index (χ0v) is 19.8. The van der Waals surface area contributed by atoms with Crippen LogP contribution in [-0.2, 0) is 16.2 Å². The molecule has 0 bridgehead atoms. The predicted molar refractivity (Wildman–Crippen MR) is 109 cm³/mol. The second kappa shape index (κ2) is 13.6. The number of aryl methyl sites for hydroxylation is 1. The fraction of sp³-hybridized carbons (Fsp3) is 0.118. The third-order valence-corrected chi connectivity index (χ3v) is 4.69. The molecule has 0 radical (unpaired) electrons. The number of halogens is 3. The van der Waals surface area contributed by atoms with Gasteiger partial charge in [0.15, 0.2) is 5.69 Å². The van der Waals surface area contributed by atoms with E-state index in [1.807, 2.05) is 6.92 Å². The first-order valence-corrected chi connectivity index (χ1v) is 8.98. The maximum absolute atomic E-state index is 13.1. The first-order chi connectivity index (χ1) is 12.1. The average Bonchev–Trinajstić information content (AvgIpc) is 3.00. The van der Waals surface area contributed by atoms with Crippen LogP contribution in [0.1, 0.15) is 12.7 Å². The standard InChI is InChI=1S/C17H14F3N3O2S.Na.5H2O.H/c1-11-2-4-12(5-3-11)15-10-16(17(18,19)20)22-23(15)13-6-8-14(9-7-13)26(21,24)25;;;;;;;/h2-10H,1H3,(H2,21,24,25);;5*1H2;/q;+1;;;;;;-1. The van der Waals surface area contributed by atoms with E-state index in [2.05, 4.69) is 5.10 Å². The summed E-state index contributed by atoms with van der Waals surface area (Å²) in [4.78, 5) is -0.138. The van der Waals surface area contributed by atoms with Gasteiger partial charge >= 0.3 is 35.7 Å². The van der Waals surface area contributed by atoms with Crippen molar-refractivity contribution in [1.29, 1.82) is 0 Å². The summed E-state index contributed by atoms with van der Waals surface area (Å²) < 4.78 is 63.2. The summed E-state index contributed by atoms with van der Waals surface area (Å²) >= 11 is 0. The molecular weight excluding hydrogens is 470 g/mol. The minimum Gasteiger partial charge on any atom is -1.00 e. The van der Waals surface area contributed by atoms with Gasteiger partial charge in [0, 0.05) is 5.56 Å². The Morgan fingerprint density at radius 2 is 1.38 bits per heavy atom. The average molecular weight is 495 g/mol. The number of benzene rings is 2. The Morgan fingerprint density at radius 3 is 1.78 bits per heavy atom. The molecule has 0 aliphatic carbocycles. The first kappa shape index (κ1) is 37.5. The third kappa shape index (κ3) is 8.25. The van der Waals surface area contributed by atoms with Gasteiger partial charge in [-0.3, -0.25) is 0 Å². The van der Waals surface area contributed by atoms with Crippen LogP contribution in [0.2, 0.25) is 0 Å². The van der Waals surface area contributed by atoms with E-state index in [1.54, 1.807) is 24.3 Å². The van der Waals surface area contributed by atoms with E-state index in [-0.39, 0.29) is 74.6 Å². The Bertz CT molecular complexity index is 1060. The first-order valence-electron chi connectivity index (χ1n) is 7.43. The summed E-state index contributed by atoms with van der Waals surface area (Å²) in [5, 5.41) is 8.70. The van der Waals surface area contributed by atoms with E-state index >= 15 is 0 Å². The molecular formula is C17H25F3N3NaO7S. The number of rotatable bonds is 3. The topological polar surface area (TPSA) is 235 Å². The molecule has 15 heteroatoms. The van der Waals surface area contributed by atoms with Crippen LogP contribution in [0.15, 0.2) is 59.5 Å². The quantitative estimate of drug-likeness (QED) is 0.364. The molecule has 3 rings (SSSR count). The predicted octanol–water partition coefficient (Wildman–Crippen LogP) is -3.49. The largest absolute Gasteiger partial charge is 1.00 e. The van der Waals surface area contributed by atoms with Crippen molar-refractivity contribution in [1.82, 2.24) is 9.78 Å². The summed E-state index contributed by atoms with van der Waals surface area (Å²) in [6.07, 6.45) is -4.61. The summed E-state index contributed by atoms with van der Waals surface area (Å²) in [5.41, 5.74) is 0.996. The molecule has 10 nitrogen and oxygen atoms in total. The number of primary sulfonamides is 1. The minimum absolute atomic E-state index is 0. The van der Waals surface area contributed by atoms with Gasteiger partial charge in [0.25, 0.3) is 0 Å². The van der Waals surface area contributed by atoms with E-state index in [1.165, 1.54) is 24.3 Å². The van der Waals surface area contributed by atoms with Crippen molar-refractivity contribution < 1.29 is 80.0 Å². The van der Waals surface area contributed by atoms with Crippen molar-refractivity contribution in [3.63, 3.8) is 0 Å². The molecule has 1 heterocycles. The number of hydrogen-bond acceptors (Lipinski definition) is 3. The van der Waals surface area contributed by atoms with E-state index in [0.717, 1.165) is 16.3 Å². The summed E-state index contributed by atoms with van der Waals surface area (Å²) in [6.45, 7) is 1.87. The van der Waals surface area contributed by atoms with Crippen molar-refractivity contribution in [3.05, 3.63) is 65.9 Å². The Balaban J connectivity index is -0.000000373. The van der Waals surface area contributed by atoms with Crippen LogP contribution in [0.5, 0.6) is 0 Å². The van der Waals surface area contributed by atoms with Gasteiger partial charge in [-0.05, 0) is 37.3 Å². The molecule has 1 aromatic heterocycles. The summed E-state index contributed by atoms with van der Waals surface area (Å²) in [6, 6.07) is 13.1. The Kier molecular flexibility index (Phi) is 16.0. The fourth-order valence-electron chi connectivity index (χ4n) is 2.42. The number of hydrogen-bond donors (Lipinski definition) is 1. The van der Waals surface area contributed by atoms with Crippen LogP contribution in [0.4, 0.5) is 13.2 Å². The number of alkyl halides is 3. The SMILES string of the molecule is Cc1ccc(-c2cc(C(F)(F)F)nn2-c2ccc(S(N)(=O)=O)cc2)cc1.O.O.O.O.O.[H-].[Na+]. The third-order valence-electron chi connectivity index (χ3n) is 3.76. The second-order valence-electron chi connectivity index (χ2n) is 5.73. The normalized spacial score (nSPS) is 10.0. The molecule has 12 N–H and O–H groups in total. The molecule has 2 aromatic carbocycles. The maximum atomic E-state index is 13.1. The molecule has 0 unspecified atom stereocenters. The fourth-order valence-corrected chi connectivity index (χ4v) is 2.94. The van der Waals surface area contributed by atoms with E-state index in [0.29, 0.717) is 5.56 Å². The van der Waals surface area contributed by atoms with Gasteiger partial charge in [0.2, 0.25) is 10.0 Å². The van der Waals surface area contributed by atoms with Crippen LogP contribution in [0, 0.1) is 6.92 Å². The monoisotopic (exact) mass is 495 g/mol. The van der Waals surface area contributed by atoms with Gasteiger partial charge in [-0.15, -0.1) is 0 Å². The number of nitrogens with zero attached hydrogens (tertiary/aromatic N) is 2. The smallest absolute Gasteiger partial charge is 1.00 e. The van der Waals surface area contributed by atoms with Gasteiger partial charge in [-0.1, -0.05) is 29.8 Å². The maximum Gasteiger partial charge on any atom is 1.00 e. The number of aromatic nitrogens is 2. The van der Waals surface area contributed by atoms with Crippen molar-refractivity contribution in [2.24, 2.45) is 5.14 Å². The molecule has 178 valence electrons. The van der Waals surface area contributed by atoms with Crippen LogP contribution in [0.25, 0.3) is 16.9 Å². The molecule has 32 heavy (non-hydrogen) atoms. The number of sulfonamides is 1. The van der Waals surface area contributed by atoms with Crippen LogP contribution in [-0.4, -0.2) is 45.6 Å². The van der Waals surface area contributed by atoms with Crippen molar-refractivity contribution in [2.45, 2.75) is 18.0 Å². The molecule has 0 spiro atoms. The Morgan fingerprint density at radius 1 is 0.906 bits per heavy atom. The van der Waals surface area contributed by atoms with Crippen molar-refractivity contribution in [2.75, 3.05) is 0 Å². The van der Waals surface area contributed by atoms with E-state index in [4.69, 9.17) is 5.14 Å². The van der Waals surface area contributed by atoms with E-state index < -0.39 is 21.9 Å². The van der Waals surface area contributed by atoms with Gasteiger partial charge in [0.05, 0.1) is 16.3 Å². The van der Waals surface area contributed by atoms with Crippen molar-refractivity contribution in [3.8, 4) is 16.9 Å². The van der Waals surface area contributed by atoms with Crippen molar-refractivity contribution >= 4 is 10.0 Å². The molecule has 0 atom stereocenters. The zero-order chi connectivity index (χ0) is 19.1. The van der Waals surface area contributed by atoms with Crippen LogP contribution >= 0.6 is 0 Å². The Hall–Kier alpha value is -1.85. The molecule has 0 aliphatic heterocycles. The summed E-state index contributed by atoms with van der Waals surface area (Å²) in [7, 11) is -3.90. The second-order valence-corrected chi connectivity index (χ2v) is 7.29. The molecule has 0 saturated heterocycles. The minimum atomic E-state index is -4.61.